The van der Waals surface area contributed by atoms with Gasteiger partial charge in [-0.2, -0.15) is 0 Å². The van der Waals surface area contributed by atoms with Crippen LogP contribution < -0.4 is 5.32 Å². The Balaban J connectivity index is 2.53. The second-order valence-electron chi connectivity index (χ2n) is 5.56. The summed E-state index contributed by atoms with van der Waals surface area (Å²) < 4.78 is 5.36. The first-order chi connectivity index (χ1) is 8.50. The molecule has 0 aromatic rings. The number of hydrogen-bond acceptors (Lipinski definition) is 4. The van der Waals surface area contributed by atoms with Crippen LogP contribution in [0.1, 0.15) is 13.8 Å². The summed E-state index contributed by atoms with van der Waals surface area (Å²) in [6, 6.07) is -0.167. The van der Waals surface area contributed by atoms with E-state index in [2.05, 4.69) is 24.1 Å². The Labute approximate surface area is 110 Å². The van der Waals surface area contributed by atoms with Crippen LogP contribution in [0.3, 0.4) is 0 Å². The molecule has 106 valence electrons. The van der Waals surface area contributed by atoms with Crippen LogP contribution in [0.25, 0.3) is 0 Å². The van der Waals surface area contributed by atoms with Crippen LogP contribution >= 0.6 is 0 Å². The number of nitrogens with one attached hydrogen (secondary N) is 1. The highest BCUT2D eigenvalue weighted by Crippen LogP contribution is 2.04. The van der Waals surface area contributed by atoms with Gasteiger partial charge in [-0.25, -0.2) is 0 Å². The van der Waals surface area contributed by atoms with E-state index in [1.807, 2.05) is 19.0 Å². The van der Waals surface area contributed by atoms with E-state index in [4.69, 9.17) is 4.74 Å². The highest BCUT2D eigenvalue weighted by molar-refractivity contribution is 5.82. The number of ether oxygens (including phenoxy) is 1. The molecule has 1 amide bonds. The lowest BCUT2D eigenvalue weighted by molar-refractivity contribution is -0.137. The fraction of sp³-hybridized carbons (Fsp3) is 0.923. The zero-order chi connectivity index (χ0) is 13.5. The van der Waals surface area contributed by atoms with Gasteiger partial charge in [0.2, 0.25) is 5.91 Å². The van der Waals surface area contributed by atoms with E-state index in [-0.39, 0.29) is 11.9 Å². The SMILES string of the molecule is CC(C)CN(CCN(C)C)C(=O)C1COCCN1. The zero-order valence-corrected chi connectivity index (χ0v) is 12.1. The van der Waals surface area contributed by atoms with Gasteiger partial charge in [-0.15, -0.1) is 0 Å². The van der Waals surface area contributed by atoms with Gasteiger partial charge in [-0.1, -0.05) is 13.8 Å². The van der Waals surface area contributed by atoms with Crippen LogP contribution in [-0.2, 0) is 9.53 Å². The second-order valence-corrected chi connectivity index (χ2v) is 5.56. The molecule has 0 saturated carbocycles. The van der Waals surface area contributed by atoms with E-state index in [1.54, 1.807) is 0 Å². The van der Waals surface area contributed by atoms with Crippen LogP contribution in [0, 0.1) is 5.92 Å². The second kappa shape index (κ2) is 7.71. The molecule has 0 radical (unpaired) electrons. The molecule has 1 atom stereocenters. The van der Waals surface area contributed by atoms with Crippen molar-refractivity contribution in [2.24, 2.45) is 5.92 Å². The lowest BCUT2D eigenvalue weighted by Crippen LogP contribution is -2.54. The number of carbonyl (C=O) groups excluding carboxylic acids is 1. The monoisotopic (exact) mass is 257 g/mol. The average molecular weight is 257 g/mol. The first-order valence-corrected chi connectivity index (χ1v) is 6.75. The van der Waals surface area contributed by atoms with Crippen molar-refractivity contribution >= 4 is 5.91 Å². The predicted octanol–water partition coefficient (Wildman–Crippen LogP) is 0.0210. The third-order valence-corrected chi connectivity index (χ3v) is 2.93. The van der Waals surface area contributed by atoms with Gasteiger partial charge in [0, 0.05) is 26.2 Å². The van der Waals surface area contributed by atoms with Crippen LogP contribution in [-0.4, -0.2) is 75.2 Å². The highest BCUT2D eigenvalue weighted by Gasteiger charge is 2.26. The molecule has 1 aliphatic rings. The van der Waals surface area contributed by atoms with Gasteiger partial charge >= 0.3 is 0 Å². The van der Waals surface area contributed by atoms with Crippen molar-refractivity contribution in [2.45, 2.75) is 19.9 Å². The fourth-order valence-electron chi connectivity index (χ4n) is 2.00. The third-order valence-electron chi connectivity index (χ3n) is 2.93. The van der Waals surface area contributed by atoms with Crippen molar-refractivity contribution in [1.29, 1.82) is 0 Å². The number of rotatable bonds is 6. The summed E-state index contributed by atoms with van der Waals surface area (Å²) in [6.45, 7) is 8.72. The zero-order valence-electron chi connectivity index (χ0n) is 12.1. The average Bonchev–Trinajstić information content (AvgIpc) is 2.34. The van der Waals surface area contributed by atoms with Gasteiger partial charge in [0.25, 0.3) is 0 Å². The van der Waals surface area contributed by atoms with Crippen LogP contribution in [0.2, 0.25) is 0 Å². The Morgan fingerprint density at radius 2 is 2.11 bits per heavy atom. The Morgan fingerprint density at radius 3 is 2.61 bits per heavy atom. The molecule has 0 aromatic carbocycles. The Kier molecular flexibility index (Phi) is 6.60. The Hall–Kier alpha value is -0.650. The fourth-order valence-corrected chi connectivity index (χ4v) is 2.00. The lowest BCUT2D eigenvalue weighted by Gasteiger charge is -2.31. The van der Waals surface area contributed by atoms with E-state index >= 15 is 0 Å². The lowest BCUT2D eigenvalue weighted by atomic mass is 10.1. The molecule has 0 aromatic heterocycles. The first kappa shape index (κ1) is 15.4. The Morgan fingerprint density at radius 1 is 1.39 bits per heavy atom. The van der Waals surface area contributed by atoms with Crippen molar-refractivity contribution in [3.8, 4) is 0 Å². The number of morpholine rings is 1. The molecule has 5 heteroatoms. The number of nitrogens with zero attached hydrogens (tertiary/aromatic N) is 2. The van der Waals surface area contributed by atoms with E-state index in [0.717, 1.165) is 26.2 Å². The van der Waals surface area contributed by atoms with E-state index in [1.165, 1.54) is 0 Å². The van der Waals surface area contributed by atoms with Gasteiger partial charge in [-0.05, 0) is 20.0 Å². The number of carbonyl (C=O) groups is 1. The van der Waals surface area contributed by atoms with E-state index in [9.17, 15) is 4.79 Å². The minimum Gasteiger partial charge on any atom is -0.378 e. The molecule has 0 bridgehead atoms. The number of likely N-dealkylation sites (N-methyl/N-ethyl adjacent to an activating group) is 1. The van der Waals surface area contributed by atoms with Gasteiger partial charge in [0.15, 0.2) is 0 Å². The first-order valence-electron chi connectivity index (χ1n) is 6.75. The molecule has 1 aliphatic heterocycles. The van der Waals surface area contributed by atoms with E-state index in [0.29, 0.717) is 19.1 Å². The molecule has 0 spiro atoms. The minimum atomic E-state index is -0.167. The molecule has 1 unspecified atom stereocenters. The largest absolute Gasteiger partial charge is 0.378 e. The standard InChI is InChI=1S/C13H27N3O2/c1-11(2)9-16(7-6-15(3)4)13(17)12-10-18-8-5-14-12/h11-12,14H,5-10H2,1-4H3. The summed E-state index contributed by atoms with van der Waals surface area (Å²) in [5.41, 5.74) is 0. The Bertz CT molecular complexity index is 251. The summed E-state index contributed by atoms with van der Waals surface area (Å²) >= 11 is 0. The van der Waals surface area contributed by atoms with Crippen molar-refractivity contribution in [3.05, 3.63) is 0 Å². The molecular formula is C13H27N3O2. The maximum atomic E-state index is 12.4. The highest BCUT2D eigenvalue weighted by atomic mass is 16.5. The van der Waals surface area contributed by atoms with Gasteiger partial charge in [0.05, 0.1) is 13.2 Å². The molecular weight excluding hydrogens is 230 g/mol. The molecule has 1 fully saturated rings. The summed E-state index contributed by atoms with van der Waals surface area (Å²) in [4.78, 5) is 16.5. The van der Waals surface area contributed by atoms with Crippen LogP contribution in [0.4, 0.5) is 0 Å². The third kappa shape index (κ3) is 5.33. The molecule has 1 saturated heterocycles. The van der Waals surface area contributed by atoms with Gasteiger partial charge in [0.1, 0.15) is 6.04 Å². The maximum Gasteiger partial charge on any atom is 0.242 e. The van der Waals surface area contributed by atoms with E-state index < -0.39 is 0 Å². The van der Waals surface area contributed by atoms with Crippen molar-refractivity contribution in [2.75, 3.05) is 53.5 Å². The summed E-state index contributed by atoms with van der Waals surface area (Å²) in [5.74, 6) is 0.658. The smallest absolute Gasteiger partial charge is 0.242 e. The predicted molar refractivity (Wildman–Crippen MR) is 72.6 cm³/mol. The van der Waals surface area contributed by atoms with Crippen LogP contribution in [0.15, 0.2) is 0 Å². The topological polar surface area (TPSA) is 44.8 Å². The van der Waals surface area contributed by atoms with Crippen LogP contribution in [0.5, 0.6) is 0 Å². The van der Waals surface area contributed by atoms with Gasteiger partial charge < -0.3 is 19.9 Å². The summed E-state index contributed by atoms with van der Waals surface area (Å²) in [5, 5.41) is 3.23. The van der Waals surface area contributed by atoms with Crippen molar-refractivity contribution < 1.29 is 9.53 Å². The van der Waals surface area contributed by atoms with Crippen molar-refractivity contribution in [1.82, 2.24) is 15.1 Å². The quantitative estimate of drug-likeness (QED) is 0.729. The maximum absolute atomic E-state index is 12.4. The van der Waals surface area contributed by atoms with Gasteiger partial charge in [-0.3, -0.25) is 4.79 Å². The normalized spacial score (nSPS) is 20.4. The van der Waals surface area contributed by atoms with Crippen molar-refractivity contribution in [3.63, 3.8) is 0 Å². The molecule has 1 rings (SSSR count). The molecule has 5 nitrogen and oxygen atoms in total. The molecule has 1 N–H and O–H groups in total. The summed E-state index contributed by atoms with van der Waals surface area (Å²) in [6.07, 6.45) is 0. The molecule has 18 heavy (non-hydrogen) atoms. The number of hydrogen-bond donors (Lipinski definition) is 1. The number of amides is 1. The molecule has 0 aliphatic carbocycles. The summed E-state index contributed by atoms with van der Waals surface area (Å²) in [7, 11) is 4.06. The molecule has 1 heterocycles. The minimum absolute atomic E-state index is 0.167.